The molecule has 2 aromatic carbocycles. The van der Waals surface area contributed by atoms with Gasteiger partial charge in [0.15, 0.2) is 5.82 Å². The fourth-order valence-electron chi connectivity index (χ4n) is 6.52. The Morgan fingerprint density at radius 2 is 1.83 bits per heavy atom. The molecule has 0 saturated heterocycles. The molecule has 0 aliphatic heterocycles. The van der Waals surface area contributed by atoms with E-state index in [9.17, 15) is 23.5 Å². The Morgan fingerprint density at radius 1 is 1.10 bits per heavy atom. The molecule has 3 aromatic heterocycles. The van der Waals surface area contributed by atoms with Crippen LogP contribution in [-0.2, 0) is 17.6 Å². The fourth-order valence-corrected chi connectivity index (χ4v) is 6.52. The number of benzene rings is 2. The average Bonchev–Trinajstić information content (AvgIpc) is 3.76. The van der Waals surface area contributed by atoms with Crippen LogP contribution in [0.5, 0.6) is 0 Å². The maximum atomic E-state index is 15.9. The van der Waals surface area contributed by atoms with Crippen molar-refractivity contribution < 1.29 is 27.5 Å². The third kappa shape index (κ3) is 6.33. The molecule has 1 atom stereocenters. The first-order valence-electron chi connectivity index (χ1n) is 16.1. The Bertz CT molecular complexity index is 2010. The summed E-state index contributed by atoms with van der Waals surface area (Å²) in [6.45, 7) is 0.933. The van der Waals surface area contributed by atoms with E-state index in [4.69, 9.17) is 4.74 Å². The van der Waals surface area contributed by atoms with Crippen LogP contribution in [-0.4, -0.2) is 65.6 Å². The number of H-pyrrole nitrogens is 1. The topological polar surface area (TPSA) is 141 Å². The Labute approximate surface area is 273 Å². The maximum Gasteiger partial charge on any atom is 0.439 e. The van der Waals surface area contributed by atoms with Gasteiger partial charge in [-0.3, -0.25) is 18.9 Å². The van der Waals surface area contributed by atoms with Gasteiger partial charge in [0.25, 0.3) is 5.56 Å². The van der Waals surface area contributed by atoms with Crippen molar-refractivity contribution in [1.29, 1.82) is 0 Å². The fraction of sp³-hybridized carbons (Fsp3) is 0.441. The zero-order chi connectivity index (χ0) is 34.0. The van der Waals surface area contributed by atoms with Gasteiger partial charge in [0.2, 0.25) is 5.78 Å². The first kappa shape index (κ1) is 33.3. The predicted molar refractivity (Wildman–Crippen MR) is 171 cm³/mol. The number of rotatable bonds is 12. The smallest absolute Gasteiger partial charge is 0.382 e. The monoisotopic (exact) mass is 666 g/mol. The quantitative estimate of drug-likeness (QED) is 0.187. The van der Waals surface area contributed by atoms with Gasteiger partial charge in [-0.2, -0.15) is 10.1 Å². The number of ether oxygens (including phenoxy) is 1. The SMILES string of the molecule is CCCc1c(Cc2ccc(-c3ccccc3-c3noc(=O)[nH]3)cc2F)c(=O)n(C2CCC(OC(C)C(O)(CF)CF)CC2)c2ncnn12. The minimum Gasteiger partial charge on any atom is -0.382 e. The molecule has 5 aromatic rings. The lowest BCUT2D eigenvalue weighted by Crippen LogP contribution is -2.48. The zero-order valence-electron chi connectivity index (χ0n) is 26.7. The van der Waals surface area contributed by atoms with Crippen LogP contribution in [0.2, 0.25) is 0 Å². The molecule has 11 nitrogen and oxygen atoms in total. The number of nitrogens with one attached hydrogen (secondary N) is 1. The highest BCUT2D eigenvalue weighted by atomic mass is 19.1. The number of aromatic amines is 1. The second-order valence-corrected chi connectivity index (χ2v) is 12.4. The average molecular weight is 667 g/mol. The number of aryl methyl sites for hydroxylation is 1. The van der Waals surface area contributed by atoms with Crippen LogP contribution in [0.1, 0.15) is 68.8 Å². The molecule has 48 heavy (non-hydrogen) atoms. The molecule has 6 rings (SSSR count). The van der Waals surface area contributed by atoms with E-state index in [-0.39, 0.29) is 30.0 Å². The van der Waals surface area contributed by atoms with E-state index in [1.165, 1.54) is 19.3 Å². The van der Waals surface area contributed by atoms with Crippen molar-refractivity contribution in [2.24, 2.45) is 0 Å². The lowest BCUT2D eigenvalue weighted by Gasteiger charge is -2.35. The van der Waals surface area contributed by atoms with Gasteiger partial charge >= 0.3 is 5.76 Å². The van der Waals surface area contributed by atoms with Gasteiger partial charge in [-0.25, -0.2) is 22.5 Å². The molecule has 3 heterocycles. The van der Waals surface area contributed by atoms with Gasteiger partial charge in [-0.1, -0.05) is 54.9 Å². The summed E-state index contributed by atoms with van der Waals surface area (Å²) >= 11 is 0. The molecule has 0 amide bonds. The number of aliphatic hydroxyl groups is 1. The minimum absolute atomic E-state index is 0.0232. The number of fused-ring (bicyclic) bond motifs is 1. The highest BCUT2D eigenvalue weighted by Crippen LogP contribution is 2.34. The van der Waals surface area contributed by atoms with Crippen LogP contribution in [0, 0.1) is 5.82 Å². The predicted octanol–water partition coefficient (Wildman–Crippen LogP) is 5.14. The van der Waals surface area contributed by atoms with Gasteiger partial charge < -0.3 is 9.84 Å². The normalized spacial score (nSPS) is 17.6. The number of nitrogens with zero attached hydrogens (tertiary/aromatic N) is 5. The summed E-state index contributed by atoms with van der Waals surface area (Å²) in [5, 5.41) is 18.4. The number of aromatic nitrogens is 6. The van der Waals surface area contributed by atoms with Crippen molar-refractivity contribution in [3.05, 3.63) is 92.3 Å². The number of halogens is 3. The molecular formula is C34H37F3N6O5. The molecule has 1 aliphatic carbocycles. The van der Waals surface area contributed by atoms with Gasteiger partial charge in [-0.15, -0.1) is 0 Å². The van der Waals surface area contributed by atoms with E-state index in [1.807, 2.05) is 6.92 Å². The highest BCUT2D eigenvalue weighted by Gasteiger charge is 2.38. The Kier molecular flexibility index (Phi) is 9.65. The molecular weight excluding hydrogens is 629 g/mol. The first-order chi connectivity index (χ1) is 23.2. The Hall–Kier alpha value is -4.56. The molecule has 1 saturated carbocycles. The third-order valence-corrected chi connectivity index (χ3v) is 9.29. The van der Waals surface area contributed by atoms with Gasteiger partial charge in [0, 0.05) is 23.6 Å². The van der Waals surface area contributed by atoms with E-state index in [0.717, 1.165) is 6.42 Å². The molecule has 2 N–H and O–H groups in total. The standard InChI is InChI=1S/C34H37F3N6O5/c1-3-6-29-27(15-22-10-9-21(16-28(22)37)25-7-4-5-8-26(25)30-40-33(45)48-41-30)31(44)42(32-38-19-39-43(29)32)23-11-13-24(14-12-23)47-20(2)34(46,17-35)18-36/h4-5,7-10,16,19-20,23-24,46H,3,6,11-15,17-18H2,1-2H3,(H,40,41,45). The van der Waals surface area contributed by atoms with E-state index in [1.54, 1.807) is 45.5 Å². The van der Waals surface area contributed by atoms with E-state index < -0.39 is 36.6 Å². The van der Waals surface area contributed by atoms with E-state index in [2.05, 4.69) is 24.7 Å². The van der Waals surface area contributed by atoms with E-state index >= 15 is 4.39 Å². The van der Waals surface area contributed by atoms with Crippen LogP contribution < -0.4 is 11.3 Å². The van der Waals surface area contributed by atoms with Crippen molar-refractivity contribution in [1.82, 2.24) is 29.3 Å². The maximum absolute atomic E-state index is 15.9. The van der Waals surface area contributed by atoms with Crippen LogP contribution in [0.15, 0.2) is 62.9 Å². The molecule has 1 fully saturated rings. The number of alkyl halides is 2. The molecule has 1 aliphatic rings. The summed E-state index contributed by atoms with van der Waals surface area (Å²) in [6.07, 6.45) is 3.34. The zero-order valence-corrected chi connectivity index (χ0v) is 26.7. The minimum atomic E-state index is -2.19. The van der Waals surface area contributed by atoms with Crippen LogP contribution in [0.3, 0.4) is 0 Å². The highest BCUT2D eigenvalue weighted by molar-refractivity contribution is 5.80. The number of hydrogen-bond donors (Lipinski definition) is 2. The molecule has 0 radical (unpaired) electrons. The summed E-state index contributed by atoms with van der Waals surface area (Å²) < 4.78 is 56.3. The van der Waals surface area contributed by atoms with Gasteiger partial charge in [0.05, 0.1) is 17.9 Å². The summed E-state index contributed by atoms with van der Waals surface area (Å²) in [5.74, 6) is -0.582. The largest absolute Gasteiger partial charge is 0.439 e. The third-order valence-electron chi connectivity index (χ3n) is 9.29. The van der Waals surface area contributed by atoms with Crippen molar-refractivity contribution in [3.8, 4) is 22.5 Å². The lowest BCUT2D eigenvalue weighted by molar-refractivity contribution is -0.149. The summed E-state index contributed by atoms with van der Waals surface area (Å²) in [5.41, 5.74) is 0.699. The second kappa shape index (κ2) is 13.9. The van der Waals surface area contributed by atoms with Crippen LogP contribution in [0.25, 0.3) is 28.3 Å². The first-order valence-corrected chi connectivity index (χ1v) is 16.1. The molecule has 0 spiro atoms. The van der Waals surface area contributed by atoms with Gasteiger partial charge in [-0.05, 0) is 61.8 Å². The van der Waals surface area contributed by atoms with Crippen LogP contribution >= 0.6 is 0 Å². The van der Waals surface area contributed by atoms with Gasteiger partial charge in [0.1, 0.15) is 31.1 Å². The van der Waals surface area contributed by atoms with Crippen molar-refractivity contribution in [2.75, 3.05) is 13.3 Å². The summed E-state index contributed by atoms with van der Waals surface area (Å²) in [6, 6.07) is 11.6. The summed E-state index contributed by atoms with van der Waals surface area (Å²) in [7, 11) is 0. The van der Waals surface area contributed by atoms with Crippen LogP contribution in [0.4, 0.5) is 13.2 Å². The lowest BCUT2D eigenvalue weighted by atomic mass is 9.91. The molecule has 1 unspecified atom stereocenters. The summed E-state index contributed by atoms with van der Waals surface area (Å²) in [4.78, 5) is 32.8. The van der Waals surface area contributed by atoms with E-state index in [0.29, 0.717) is 71.4 Å². The van der Waals surface area contributed by atoms with Crippen molar-refractivity contribution in [3.63, 3.8) is 0 Å². The molecule has 14 heteroatoms. The number of hydrogen-bond acceptors (Lipinski definition) is 8. The molecule has 254 valence electrons. The van der Waals surface area contributed by atoms with Crippen molar-refractivity contribution in [2.45, 2.75) is 82.6 Å². The van der Waals surface area contributed by atoms with Crippen molar-refractivity contribution >= 4 is 5.78 Å². The molecule has 0 bridgehead atoms. The Balaban J connectivity index is 1.31. The second-order valence-electron chi connectivity index (χ2n) is 12.4. The Morgan fingerprint density at radius 3 is 2.48 bits per heavy atom.